The summed E-state index contributed by atoms with van der Waals surface area (Å²) < 4.78 is 3.99. The van der Waals surface area contributed by atoms with Crippen molar-refractivity contribution in [2.24, 2.45) is 0 Å². The van der Waals surface area contributed by atoms with E-state index >= 15 is 0 Å². The van der Waals surface area contributed by atoms with Crippen LogP contribution >= 0.6 is 0 Å². The van der Waals surface area contributed by atoms with Gasteiger partial charge in [0.2, 0.25) is 0 Å². The van der Waals surface area contributed by atoms with Crippen LogP contribution in [0.2, 0.25) is 0 Å². The smallest absolute Gasteiger partial charge is 0.303 e. The third-order valence-electron chi connectivity index (χ3n) is 4.21. The molecule has 0 saturated heterocycles. The summed E-state index contributed by atoms with van der Waals surface area (Å²) in [6, 6.07) is 7.52. The Morgan fingerprint density at radius 2 is 2.04 bits per heavy atom. The zero-order valence-corrected chi connectivity index (χ0v) is 13.1. The van der Waals surface area contributed by atoms with Gasteiger partial charge in [0.15, 0.2) is 5.82 Å². The van der Waals surface area contributed by atoms with Crippen molar-refractivity contribution in [2.75, 3.05) is 0 Å². The molecule has 124 valence electrons. The van der Waals surface area contributed by atoms with Crippen LogP contribution in [0.3, 0.4) is 0 Å². The Hall–Kier alpha value is -3.54. The van der Waals surface area contributed by atoms with E-state index in [-0.39, 0.29) is 6.54 Å². The van der Waals surface area contributed by atoms with Crippen LogP contribution in [0.25, 0.3) is 5.82 Å². The number of pyridine rings is 1. The highest BCUT2D eigenvalue weighted by molar-refractivity contribution is 5.20. The summed E-state index contributed by atoms with van der Waals surface area (Å²) >= 11 is 0. The van der Waals surface area contributed by atoms with Crippen molar-refractivity contribution in [3.05, 3.63) is 69.4 Å². The maximum Gasteiger partial charge on any atom is 0.317 e. The Labute approximate surface area is 141 Å². The first kappa shape index (κ1) is 15.0. The highest BCUT2D eigenvalue weighted by atomic mass is 16.2. The van der Waals surface area contributed by atoms with Crippen LogP contribution in [-0.2, 0) is 12.1 Å². The van der Waals surface area contributed by atoms with Crippen molar-refractivity contribution in [1.82, 2.24) is 29.1 Å². The minimum atomic E-state index is -0.850. The number of hydrogen-bond acceptors (Lipinski definition) is 6. The van der Waals surface area contributed by atoms with Gasteiger partial charge in [0.05, 0.1) is 18.8 Å². The van der Waals surface area contributed by atoms with Crippen LogP contribution in [0.15, 0.2) is 52.6 Å². The molecule has 1 aliphatic carbocycles. The Morgan fingerprint density at radius 3 is 2.72 bits per heavy atom. The van der Waals surface area contributed by atoms with Gasteiger partial charge in [0.25, 0.3) is 0 Å². The average Bonchev–Trinajstić information content (AvgIpc) is 3.30. The minimum absolute atomic E-state index is 0.112. The first-order valence-electron chi connectivity index (χ1n) is 7.69. The highest BCUT2D eigenvalue weighted by Gasteiger charge is 2.46. The summed E-state index contributed by atoms with van der Waals surface area (Å²) in [6.45, 7) is 0.112. The summed E-state index contributed by atoms with van der Waals surface area (Å²) in [6.07, 6.45) is 7.46. The van der Waals surface area contributed by atoms with Gasteiger partial charge >= 0.3 is 11.1 Å². The fourth-order valence-electron chi connectivity index (χ4n) is 2.64. The molecule has 9 nitrogen and oxygen atoms in total. The van der Waals surface area contributed by atoms with Crippen LogP contribution in [0, 0.1) is 11.3 Å². The second kappa shape index (κ2) is 5.52. The Morgan fingerprint density at radius 1 is 1.20 bits per heavy atom. The van der Waals surface area contributed by atoms with E-state index in [9.17, 15) is 14.9 Å². The molecule has 1 fully saturated rings. The zero-order chi connectivity index (χ0) is 17.4. The summed E-state index contributed by atoms with van der Waals surface area (Å²) in [5, 5.41) is 17.2. The molecule has 1 saturated carbocycles. The first-order valence-corrected chi connectivity index (χ1v) is 7.69. The van der Waals surface area contributed by atoms with Crippen LogP contribution < -0.4 is 11.1 Å². The fraction of sp³-hybridized carbons (Fsp3) is 0.250. The second-order valence-corrected chi connectivity index (χ2v) is 5.89. The van der Waals surface area contributed by atoms with Crippen LogP contribution in [0.5, 0.6) is 0 Å². The van der Waals surface area contributed by atoms with Crippen LogP contribution in [0.4, 0.5) is 0 Å². The number of nitrogens with zero attached hydrogens (tertiary/aromatic N) is 7. The number of aromatic nitrogens is 6. The van der Waals surface area contributed by atoms with E-state index in [0.29, 0.717) is 24.4 Å². The fourth-order valence-corrected chi connectivity index (χ4v) is 2.64. The van der Waals surface area contributed by atoms with Crippen molar-refractivity contribution >= 4 is 0 Å². The molecule has 0 amide bonds. The summed E-state index contributed by atoms with van der Waals surface area (Å²) in [5.74, 6) is 0.605. The van der Waals surface area contributed by atoms with Crippen molar-refractivity contribution < 1.29 is 0 Å². The van der Waals surface area contributed by atoms with E-state index < -0.39 is 16.7 Å². The molecule has 3 heterocycles. The standard InChI is InChI=1S/C16H13N7O2/c17-11-16(4-5-16)22-8-7-21(14(24)15(22)25)9-12-10-23(20-19-12)13-3-1-2-6-18-13/h1-3,6-8,10H,4-5,9H2. The normalized spacial score (nSPS) is 14.8. The SMILES string of the molecule is N#CC1(n2ccn(Cc3cn(-c4ccccn4)nn3)c(=O)c2=O)CC1. The van der Waals surface area contributed by atoms with Gasteiger partial charge in [-0.3, -0.25) is 14.2 Å². The third kappa shape index (κ3) is 2.53. The Kier molecular flexibility index (Phi) is 3.32. The number of rotatable bonds is 4. The van der Waals surface area contributed by atoms with Crippen LogP contribution in [0.1, 0.15) is 18.5 Å². The van der Waals surface area contributed by atoms with E-state index in [2.05, 4.69) is 21.4 Å². The molecule has 3 aromatic heterocycles. The first-order chi connectivity index (χ1) is 12.1. The van der Waals surface area contributed by atoms with Crippen molar-refractivity contribution in [3.63, 3.8) is 0 Å². The number of hydrogen-bond donors (Lipinski definition) is 0. The molecule has 0 bridgehead atoms. The van der Waals surface area contributed by atoms with Gasteiger partial charge < -0.3 is 4.57 Å². The van der Waals surface area contributed by atoms with Crippen LogP contribution in [-0.4, -0.2) is 29.1 Å². The predicted octanol–water partition coefficient (Wildman–Crippen LogP) is 0.0467. The topological polar surface area (TPSA) is 111 Å². The largest absolute Gasteiger partial charge is 0.317 e. The lowest BCUT2D eigenvalue weighted by Gasteiger charge is -2.11. The summed E-state index contributed by atoms with van der Waals surface area (Å²) in [7, 11) is 0. The predicted molar refractivity (Wildman–Crippen MR) is 86.0 cm³/mol. The monoisotopic (exact) mass is 335 g/mol. The molecular weight excluding hydrogens is 322 g/mol. The van der Waals surface area contributed by atoms with Crippen molar-refractivity contribution in [2.45, 2.75) is 24.9 Å². The van der Waals surface area contributed by atoms with Gasteiger partial charge in [-0.05, 0) is 25.0 Å². The third-order valence-corrected chi connectivity index (χ3v) is 4.21. The van der Waals surface area contributed by atoms with Crippen molar-refractivity contribution in [3.8, 4) is 11.9 Å². The average molecular weight is 335 g/mol. The van der Waals surface area contributed by atoms with Gasteiger partial charge in [0, 0.05) is 18.6 Å². The quantitative estimate of drug-likeness (QED) is 0.623. The zero-order valence-electron chi connectivity index (χ0n) is 13.1. The minimum Gasteiger partial charge on any atom is -0.303 e. The van der Waals surface area contributed by atoms with E-state index in [0.717, 1.165) is 0 Å². The Bertz CT molecular complexity index is 1080. The maximum absolute atomic E-state index is 12.3. The Balaban J connectivity index is 1.63. The molecular formula is C16H13N7O2. The lowest BCUT2D eigenvalue weighted by Crippen LogP contribution is -2.44. The lowest BCUT2D eigenvalue weighted by molar-refractivity contribution is 0.555. The van der Waals surface area contributed by atoms with Gasteiger partial charge in [-0.2, -0.15) is 5.26 Å². The van der Waals surface area contributed by atoms with E-state index in [1.165, 1.54) is 26.2 Å². The van der Waals surface area contributed by atoms with E-state index in [4.69, 9.17) is 0 Å². The molecule has 0 spiro atoms. The molecule has 1 aliphatic rings. The molecule has 3 aromatic rings. The van der Waals surface area contributed by atoms with Gasteiger partial charge in [-0.25, -0.2) is 9.67 Å². The van der Waals surface area contributed by atoms with Gasteiger partial charge in [-0.1, -0.05) is 11.3 Å². The summed E-state index contributed by atoms with van der Waals surface area (Å²) in [4.78, 5) is 28.8. The molecule has 0 aliphatic heterocycles. The molecule has 9 heteroatoms. The molecule has 4 rings (SSSR count). The molecule has 0 aromatic carbocycles. The second-order valence-electron chi connectivity index (χ2n) is 5.89. The molecule has 25 heavy (non-hydrogen) atoms. The molecule has 0 N–H and O–H groups in total. The molecule has 0 atom stereocenters. The van der Waals surface area contributed by atoms with E-state index in [1.54, 1.807) is 24.5 Å². The van der Waals surface area contributed by atoms with Gasteiger partial charge in [-0.15, -0.1) is 5.10 Å². The van der Waals surface area contributed by atoms with Gasteiger partial charge in [0.1, 0.15) is 11.2 Å². The summed E-state index contributed by atoms with van der Waals surface area (Å²) in [5.41, 5.74) is -1.71. The molecule has 0 radical (unpaired) electrons. The van der Waals surface area contributed by atoms with E-state index in [1.807, 2.05) is 6.07 Å². The highest BCUT2D eigenvalue weighted by Crippen LogP contribution is 2.41. The molecule has 0 unspecified atom stereocenters. The number of nitriles is 1. The maximum atomic E-state index is 12.3. The lowest BCUT2D eigenvalue weighted by atomic mass is 10.3. The van der Waals surface area contributed by atoms with Crippen molar-refractivity contribution in [1.29, 1.82) is 5.26 Å².